The molecular formula is C38H28N2O3. The molecule has 1 aliphatic heterocycles. The highest BCUT2D eigenvalue weighted by Crippen LogP contribution is 2.59. The molecule has 0 bridgehead atoms. The van der Waals surface area contributed by atoms with E-state index in [0.29, 0.717) is 0 Å². The zero-order valence-electron chi connectivity index (χ0n) is 23.6. The predicted octanol–water partition coefficient (Wildman–Crippen LogP) is 8.95. The summed E-state index contributed by atoms with van der Waals surface area (Å²) in [7, 11) is 0. The molecule has 1 spiro atoms. The monoisotopic (exact) mass is 560 g/mol. The molecule has 43 heavy (non-hydrogen) atoms. The van der Waals surface area contributed by atoms with Crippen molar-refractivity contribution in [1.29, 1.82) is 0 Å². The minimum atomic E-state index is -1.02. The maximum atomic E-state index is 11.4. The third-order valence-electron chi connectivity index (χ3n) is 8.25. The Balaban J connectivity index is 1.56. The van der Waals surface area contributed by atoms with Gasteiger partial charge in [0.05, 0.1) is 10.6 Å². The Labute approximate surface area is 250 Å². The first-order chi connectivity index (χ1) is 21.1. The fourth-order valence-electron chi connectivity index (χ4n) is 6.34. The van der Waals surface area contributed by atoms with E-state index >= 15 is 0 Å². The van der Waals surface area contributed by atoms with E-state index in [1.165, 1.54) is 12.1 Å². The van der Waals surface area contributed by atoms with Crippen molar-refractivity contribution < 1.29 is 9.66 Å². The molecule has 0 N–H and O–H groups in total. The lowest BCUT2D eigenvalue weighted by Gasteiger charge is -2.33. The van der Waals surface area contributed by atoms with E-state index in [4.69, 9.17) is 9.73 Å². The first-order valence-corrected chi connectivity index (χ1v) is 14.3. The van der Waals surface area contributed by atoms with Crippen LogP contribution in [0.25, 0.3) is 16.7 Å². The molecule has 1 aliphatic carbocycles. The molecule has 0 aromatic heterocycles. The molecule has 0 amide bonds. The molecule has 5 aromatic carbocycles. The molecule has 2 atom stereocenters. The van der Waals surface area contributed by atoms with Crippen LogP contribution in [0, 0.1) is 10.1 Å². The summed E-state index contributed by atoms with van der Waals surface area (Å²) >= 11 is 0. The minimum Gasteiger partial charge on any atom is -0.330 e. The minimum absolute atomic E-state index is 0.0308. The summed E-state index contributed by atoms with van der Waals surface area (Å²) in [6, 6.07) is 48.0. The van der Waals surface area contributed by atoms with Crippen molar-refractivity contribution in [3.8, 4) is 0 Å². The summed E-state index contributed by atoms with van der Waals surface area (Å²) in [5.41, 5.74) is 9.05. The molecule has 208 valence electrons. The van der Waals surface area contributed by atoms with Gasteiger partial charge in [0, 0.05) is 23.3 Å². The lowest BCUT2D eigenvalue weighted by Crippen LogP contribution is -2.40. The van der Waals surface area contributed by atoms with Crippen LogP contribution in [0.2, 0.25) is 0 Å². The van der Waals surface area contributed by atoms with Crippen molar-refractivity contribution in [1.82, 2.24) is 0 Å². The Bertz CT molecular complexity index is 1900. The summed E-state index contributed by atoms with van der Waals surface area (Å²) in [5.74, 6) is 0. The van der Waals surface area contributed by atoms with Gasteiger partial charge in [0.1, 0.15) is 0 Å². The number of nitro groups is 1. The van der Waals surface area contributed by atoms with Gasteiger partial charge in [-0.1, -0.05) is 121 Å². The Morgan fingerprint density at radius 3 is 1.60 bits per heavy atom. The molecule has 5 nitrogen and oxygen atoms in total. The van der Waals surface area contributed by atoms with E-state index in [1.807, 2.05) is 36.4 Å². The number of hydrogen-bond donors (Lipinski definition) is 0. The molecule has 0 saturated carbocycles. The van der Waals surface area contributed by atoms with Crippen molar-refractivity contribution in [2.45, 2.75) is 18.8 Å². The molecule has 2 aliphatic rings. The van der Waals surface area contributed by atoms with Crippen LogP contribution < -0.4 is 0 Å². The van der Waals surface area contributed by atoms with Crippen LogP contribution in [0.4, 0.5) is 5.69 Å². The number of rotatable bonds is 6. The summed E-state index contributed by atoms with van der Waals surface area (Å²) in [6.07, 6.45) is -0.670. The van der Waals surface area contributed by atoms with Gasteiger partial charge in [0.2, 0.25) is 0 Å². The van der Waals surface area contributed by atoms with E-state index in [9.17, 15) is 10.1 Å². The maximum absolute atomic E-state index is 11.4. The van der Waals surface area contributed by atoms with E-state index in [-0.39, 0.29) is 5.69 Å². The second-order valence-electron chi connectivity index (χ2n) is 10.7. The summed E-state index contributed by atoms with van der Waals surface area (Å²) in [4.78, 5) is 16.3. The van der Waals surface area contributed by atoms with E-state index < -0.39 is 16.8 Å². The number of ether oxygens (including phenoxy) is 1. The van der Waals surface area contributed by atoms with Gasteiger partial charge in [-0.3, -0.25) is 10.1 Å². The molecule has 7 rings (SSSR count). The van der Waals surface area contributed by atoms with Crippen LogP contribution in [0.15, 0.2) is 156 Å². The molecule has 5 aromatic rings. The fourth-order valence-corrected chi connectivity index (χ4v) is 6.34. The lowest BCUT2D eigenvalue weighted by atomic mass is 9.78. The average Bonchev–Trinajstić information content (AvgIpc) is 3.59. The molecule has 0 fully saturated rings. The number of nitrogens with zero attached hydrogens (tertiary/aromatic N) is 2. The van der Waals surface area contributed by atoms with Crippen molar-refractivity contribution in [2.75, 3.05) is 0 Å². The highest BCUT2D eigenvalue weighted by Gasteiger charge is 2.55. The Hall–Kier alpha value is -5.39. The average molecular weight is 561 g/mol. The predicted molar refractivity (Wildman–Crippen MR) is 171 cm³/mol. The van der Waals surface area contributed by atoms with Crippen LogP contribution in [0.1, 0.15) is 41.0 Å². The molecule has 0 unspecified atom stereocenters. The van der Waals surface area contributed by atoms with Crippen LogP contribution in [-0.2, 0) is 4.74 Å². The standard InChI is InChI=1S/C38H28N2O3/c1-26-33(27-14-6-2-7-15-27)34(28-16-8-3-9-17-28)35(29-18-10-4-11-19-29)38(26)36(30-20-12-5-13-21-30)39-37(43-38)31-22-24-32(25-23-31)40(41)42/h2-25,37H,1H3/t37-,38+/m1/s1. The zero-order chi connectivity index (χ0) is 29.4. The number of benzene rings is 5. The number of aliphatic imine (C=N–C) groups is 1. The molecular weight excluding hydrogens is 532 g/mol. The number of hydrogen-bond acceptors (Lipinski definition) is 4. The van der Waals surface area contributed by atoms with Crippen molar-refractivity contribution >= 4 is 28.1 Å². The second kappa shape index (κ2) is 10.8. The highest BCUT2D eigenvalue weighted by atomic mass is 16.6. The fraction of sp³-hybridized carbons (Fsp3) is 0.0789. The largest absolute Gasteiger partial charge is 0.330 e. The smallest absolute Gasteiger partial charge is 0.269 e. The van der Waals surface area contributed by atoms with Crippen LogP contribution in [0.5, 0.6) is 0 Å². The Morgan fingerprint density at radius 2 is 1.09 bits per heavy atom. The van der Waals surface area contributed by atoms with Crippen LogP contribution in [0.3, 0.4) is 0 Å². The van der Waals surface area contributed by atoms with E-state index in [2.05, 4.69) is 91.9 Å². The van der Waals surface area contributed by atoms with E-state index in [0.717, 1.165) is 55.8 Å². The first-order valence-electron chi connectivity index (χ1n) is 14.3. The van der Waals surface area contributed by atoms with Crippen LogP contribution in [-0.4, -0.2) is 16.2 Å². The van der Waals surface area contributed by atoms with Gasteiger partial charge in [-0.15, -0.1) is 0 Å². The van der Waals surface area contributed by atoms with Gasteiger partial charge in [-0.2, -0.15) is 0 Å². The third kappa shape index (κ3) is 4.42. The van der Waals surface area contributed by atoms with Gasteiger partial charge < -0.3 is 4.74 Å². The van der Waals surface area contributed by atoms with Crippen molar-refractivity contribution in [3.05, 3.63) is 189 Å². The first kappa shape index (κ1) is 26.5. The quantitative estimate of drug-likeness (QED) is 0.154. The van der Waals surface area contributed by atoms with Gasteiger partial charge in [0.25, 0.3) is 5.69 Å². The van der Waals surface area contributed by atoms with Gasteiger partial charge >= 0.3 is 0 Å². The normalized spacial score (nSPS) is 19.7. The molecule has 1 heterocycles. The topological polar surface area (TPSA) is 64.7 Å². The third-order valence-corrected chi connectivity index (χ3v) is 8.25. The maximum Gasteiger partial charge on any atom is 0.269 e. The number of nitro benzene ring substituents is 1. The summed E-state index contributed by atoms with van der Waals surface area (Å²) < 4.78 is 7.26. The van der Waals surface area contributed by atoms with Crippen LogP contribution >= 0.6 is 0 Å². The number of allylic oxidation sites excluding steroid dienone is 2. The SMILES string of the molecule is CC1=C(c2ccccc2)C(c2ccccc2)=C(c2ccccc2)[C@@]12O[C@H](c1ccc([N+](=O)[O-])cc1)N=C2c1ccccc1. The summed E-state index contributed by atoms with van der Waals surface area (Å²) in [5, 5.41) is 11.4. The number of non-ortho nitro benzene ring substituents is 1. The van der Waals surface area contributed by atoms with Gasteiger partial charge in [-0.05, 0) is 58.0 Å². The van der Waals surface area contributed by atoms with Gasteiger partial charge in [-0.25, -0.2) is 4.99 Å². The van der Waals surface area contributed by atoms with Crippen molar-refractivity contribution in [3.63, 3.8) is 0 Å². The van der Waals surface area contributed by atoms with Gasteiger partial charge in [0.15, 0.2) is 11.8 Å². The molecule has 0 radical (unpaired) electrons. The Kier molecular flexibility index (Phi) is 6.65. The second-order valence-corrected chi connectivity index (χ2v) is 10.7. The lowest BCUT2D eigenvalue weighted by molar-refractivity contribution is -0.384. The zero-order valence-corrected chi connectivity index (χ0v) is 23.6. The Morgan fingerprint density at radius 1 is 0.628 bits per heavy atom. The highest BCUT2D eigenvalue weighted by molar-refractivity contribution is 6.31. The molecule has 5 heteroatoms. The van der Waals surface area contributed by atoms with Crippen molar-refractivity contribution in [2.24, 2.45) is 4.99 Å². The summed E-state index contributed by atoms with van der Waals surface area (Å²) in [6.45, 7) is 2.15. The molecule has 0 saturated heterocycles. The van der Waals surface area contributed by atoms with E-state index in [1.54, 1.807) is 12.1 Å².